The minimum atomic E-state index is -0.819. The molecule has 1 aliphatic rings. The van der Waals surface area contributed by atoms with Crippen molar-refractivity contribution in [1.29, 1.82) is 0 Å². The molecule has 0 aliphatic carbocycles. The van der Waals surface area contributed by atoms with Crippen molar-refractivity contribution in [2.24, 2.45) is 5.92 Å². The summed E-state index contributed by atoms with van der Waals surface area (Å²) in [6.07, 6.45) is 3.83. The molecule has 2 unspecified atom stereocenters. The smallest absolute Gasteiger partial charge is 0.308 e. The molecule has 1 amide bonds. The largest absolute Gasteiger partial charge is 0.481 e. The first-order valence-electron chi connectivity index (χ1n) is 5.84. The first kappa shape index (κ1) is 12.8. The van der Waals surface area contributed by atoms with Crippen LogP contribution in [0.4, 0.5) is 0 Å². The number of amides is 1. The molecule has 0 aromatic carbocycles. The van der Waals surface area contributed by atoms with E-state index in [1.807, 2.05) is 17.5 Å². The molecule has 4 nitrogen and oxygen atoms in total. The van der Waals surface area contributed by atoms with E-state index in [4.69, 9.17) is 5.11 Å². The van der Waals surface area contributed by atoms with Gasteiger partial charge < -0.3 is 10.0 Å². The van der Waals surface area contributed by atoms with Crippen LogP contribution >= 0.6 is 11.3 Å². The van der Waals surface area contributed by atoms with Gasteiger partial charge in [0.05, 0.1) is 5.92 Å². The van der Waals surface area contributed by atoms with E-state index in [-0.39, 0.29) is 11.9 Å². The number of likely N-dealkylation sites (tertiary alicyclic amines) is 1. The monoisotopic (exact) mass is 265 g/mol. The van der Waals surface area contributed by atoms with Crippen molar-refractivity contribution in [3.05, 3.63) is 28.5 Å². The molecule has 2 atom stereocenters. The highest BCUT2D eigenvalue weighted by Gasteiger charge is 2.37. The van der Waals surface area contributed by atoms with E-state index in [1.165, 1.54) is 6.08 Å². The summed E-state index contributed by atoms with van der Waals surface area (Å²) in [5.41, 5.74) is 0. The summed E-state index contributed by atoms with van der Waals surface area (Å²) in [7, 11) is 0. The van der Waals surface area contributed by atoms with Crippen LogP contribution in [0.2, 0.25) is 0 Å². The molecule has 0 spiro atoms. The number of thiophene rings is 1. The Hall–Kier alpha value is -1.62. The number of carboxylic acid groups (broad SMARTS) is 1. The van der Waals surface area contributed by atoms with Crippen molar-refractivity contribution in [3.63, 3.8) is 0 Å². The molecule has 1 fully saturated rings. The number of hydrogen-bond acceptors (Lipinski definition) is 3. The van der Waals surface area contributed by atoms with Crippen molar-refractivity contribution in [2.75, 3.05) is 6.54 Å². The maximum absolute atomic E-state index is 12.0. The molecule has 18 heavy (non-hydrogen) atoms. The Morgan fingerprint density at radius 3 is 2.89 bits per heavy atom. The Labute approximate surface area is 110 Å². The van der Waals surface area contributed by atoms with E-state index >= 15 is 0 Å². The number of carbonyl (C=O) groups is 2. The summed E-state index contributed by atoms with van der Waals surface area (Å²) in [4.78, 5) is 25.6. The van der Waals surface area contributed by atoms with E-state index in [2.05, 4.69) is 0 Å². The Balaban J connectivity index is 2.00. The number of carbonyl (C=O) groups excluding carboxylic acids is 1. The Morgan fingerprint density at radius 1 is 1.56 bits per heavy atom. The summed E-state index contributed by atoms with van der Waals surface area (Å²) in [6, 6.07) is 3.62. The van der Waals surface area contributed by atoms with E-state index in [9.17, 15) is 9.59 Å². The lowest BCUT2D eigenvalue weighted by molar-refractivity contribution is -0.142. The molecule has 1 saturated heterocycles. The zero-order valence-electron chi connectivity index (χ0n) is 10.1. The number of hydrogen-bond donors (Lipinski definition) is 1. The van der Waals surface area contributed by atoms with Crippen molar-refractivity contribution in [3.8, 4) is 0 Å². The molecular formula is C13H15NO3S. The van der Waals surface area contributed by atoms with Crippen molar-refractivity contribution in [2.45, 2.75) is 19.4 Å². The summed E-state index contributed by atoms with van der Waals surface area (Å²) in [5, 5.41) is 11.0. The van der Waals surface area contributed by atoms with Crippen LogP contribution in [0.1, 0.15) is 18.2 Å². The van der Waals surface area contributed by atoms with Gasteiger partial charge in [0.15, 0.2) is 0 Å². The lowest BCUT2D eigenvalue weighted by Crippen LogP contribution is -2.36. The molecule has 1 N–H and O–H groups in total. The molecule has 96 valence electrons. The first-order chi connectivity index (χ1) is 8.59. The van der Waals surface area contributed by atoms with Crippen LogP contribution in [0.15, 0.2) is 23.6 Å². The fourth-order valence-electron chi connectivity index (χ4n) is 2.22. The van der Waals surface area contributed by atoms with Crippen LogP contribution in [0.25, 0.3) is 6.08 Å². The topological polar surface area (TPSA) is 57.6 Å². The van der Waals surface area contributed by atoms with Crippen LogP contribution in [-0.2, 0) is 9.59 Å². The van der Waals surface area contributed by atoms with Crippen LogP contribution in [-0.4, -0.2) is 34.5 Å². The molecule has 0 bridgehead atoms. The van der Waals surface area contributed by atoms with Crippen LogP contribution in [0.3, 0.4) is 0 Å². The molecule has 0 saturated carbocycles. The number of aliphatic carboxylic acids is 1. The van der Waals surface area contributed by atoms with E-state index in [0.717, 1.165) is 4.88 Å². The van der Waals surface area contributed by atoms with Gasteiger partial charge in [-0.3, -0.25) is 9.59 Å². The Morgan fingerprint density at radius 2 is 2.33 bits per heavy atom. The van der Waals surface area contributed by atoms with E-state index in [1.54, 1.807) is 29.2 Å². The van der Waals surface area contributed by atoms with Crippen molar-refractivity contribution in [1.82, 2.24) is 4.90 Å². The summed E-state index contributed by atoms with van der Waals surface area (Å²) in [6.45, 7) is 2.31. The predicted molar refractivity (Wildman–Crippen MR) is 70.3 cm³/mol. The molecule has 2 heterocycles. The highest BCUT2D eigenvalue weighted by Crippen LogP contribution is 2.24. The van der Waals surface area contributed by atoms with Crippen LogP contribution in [0, 0.1) is 5.92 Å². The van der Waals surface area contributed by atoms with Gasteiger partial charge in [0.2, 0.25) is 5.91 Å². The molecule has 1 aliphatic heterocycles. The van der Waals surface area contributed by atoms with Gasteiger partial charge in [0.25, 0.3) is 0 Å². The maximum Gasteiger partial charge on any atom is 0.308 e. The van der Waals surface area contributed by atoms with E-state index in [0.29, 0.717) is 13.0 Å². The summed E-state index contributed by atoms with van der Waals surface area (Å²) >= 11 is 1.56. The van der Waals surface area contributed by atoms with E-state index < -0.39 is 11.9 Å². The molecule has 0 radical (unpaired) electrons. The predicted octanol–water partition coefficient (Wildman–Crippen LogP) is 2.08. The average molecular weight is 265 g/mol. The quantitative estimate of drug-likeness (QED) is 0.851. The second-order valence-corrected chi connectivity index (χ2v) is 5.33. The zero-order valence-corrected chi connectivity index (χ0v) is 10.9. The summed E-state index contributed by atoms with van der Waals surface area (Å²) in [5.74, 6) is -1.37. The van der Waals surface area contributed by atoms with Gasteiger partial charge in [-0.25, -0.2) is 0 Å². The highest BCUT2D eigenvalue weighted by atomic mass is 32.1. The summed E-state index contributed by atoms with van der Waals surface area (Å²) < 4.78 is 0. The number of rotatable bonds is 3. The minimum absolute atomic E-state index is 0.111. The maximum atomic E-state index is 12.0. The lowest BCUT2D eigenvalue weighted by Gasteiger charge is -2.21. The molecule has 5 heteroatoms. The van der Waals surface area contributed by atoms with Crippen LogP contribution < -0.4 is 0 Å². The van der Waals surface area contributed by atoms with Gasteiger partial charge in [0, 0.05) is 23.5 Å². The highest BCUT2D eigenvalue weighted by molar-refractivity contribution is 7.10. The standard InChI is InChI=1S/C13H15NO3S/c1-9-11(13(16)17)6-7-14(9)12(15)5-4-10-3-2-8-18-10/h2-5,8-9,11H,6-7H2,1H3,(H,16,17). The zero-order chi connectivity index (χ0) is 13.1. The fraction of sp³-hybridized carbons (Fsp3) is 0.385. The molecule has 1 aromatic rings. The second kappa shape index (κ2) is 5.35. The Kier molecular flexibility index (Phi) is 3.81. The van der Waals surface area contributed by atoms with Gasteiger partial charge >= 0.3 is 5.97 Å². The van der Waals surface area contributed by atoms with Gasteiger partial charge in [-0.1, -0.05) is 6.07 Å². The lowest BCUT2D eigenvalue weighted by atomic mass is 10.0. The fourth-order valence-corrected chi connectivity index (χ4v) is 2.83. The average Bonchev–Trinajstić information content (AvgIpc) is 2.94. The molecule has 1 aromatic heterocycles. The number of nitrogens with zero attached hydrogens (tertiary/aromatic N) is 1. The van der Waals surface area contributed by atoms with Gasteiger partial charge in [-0.05, 0) is 30.9 Å². The SMILES string of the molecule is CC1C(C(=O)O)CCN1C(=O)C=Cc1cccs1. The first-order valence-corrected chi connectivity index (χ1v) is 6.72. The number of carboxylic acids is 1. The third kappa shape index (κ3) is 2.61. The van der Waals surface area contributed by atoms with Gasteiger partial charge in [-0.15, -0.1) is 11.3 Å². The Bertz CT molecular complexity index is 467. The molecular weight excluding hydrogens is 250 g/mol. The third-order valence-electron chi connectivity index (χ3n) is 3.29. The second-order valence-electron chi connectivity index (χ2n) is 4.35. The normalized spacial score (nSPS) is 23.7. The van der Waals surface area contributed by atoms with Gasteiger partial charge in [-0.2, -0.15) is 0 Å². The van der Waals surface area contributed by atoms with Crippen molar-refractivity contribution < 1.29 is 14.7 Å². The van der Waals surface area contributed by atoms with Crippen molar-refractivity contribution >= 4 is 29.3 Å². The minimum Gasteiger partial charge on any atom is -0.481 e. The van der Waals surface area contributed by atoms with Gasteiger partial charge in [0.1, 0.15) is 0 Å². The van der Waals surface area contributed by atoms with Crippen LogP contribution in [0.5, 0.6) is 0 Å². The molecule has 2 rings (SSSR count). The third-order valence-corrected chi connectivity index (χ3v) is 4.13.